The molecule has 1 atom stereocenters. The van der Waals surface area contributed by atoms with Gasteiger partial charge in [-0.15, -0.1) is 5.10 Å². The Labute approximate surface area is 156 Å². The van der Waals surface area contributed by atoms with E-state index in [1.807, 2.05) is 4.90 Å². The van der Waals surface area contributed by atoms with Crippen LogP contribution in [-0.2, 0) is 10.7 Å². The predicted molar refractivity (Wildman–Crippen MR) is 98.6 cm³/mol. The van der Waals surface area contributed by atoms with E-state index < -0.39 is 10.7 Å². The van der Waals surface area contributed by atoms with Crippen molar-refractivity contribution < 1.29 is 12.8 Å². The lowest BCUT2D eigenvalue weighted by molar-refractivity contribution is 0.554. The van der Waals surface area contributed by atoms with Crippen molar-refractivity contribution in [1.29, 1.82) is 0 Å². The maximum Gasteiger partial charge on any atom is 0.318 e. The van der Waals surface area contributed by atoms with Gasteiger partial charge in [0.2, 0.25) is 0 Å². The summed E-state index contributed by atoms with van der Waals surface area (Å²) in [5.74, 6) is 0.322. The topological polar surface area (TPSA) is 154 Å². The molecular formula is C16H17N7O3S. The highest BCUT2D eigenvalue weighted by atomic mass is 32.2. The molecule has 3 heterocycles. The SMILES string of the molecule is Nc1ncc(-c2ccc([SH](=O)=O)cc2)nc1-c1nnc(N2CCC(N)C2)o1. The Morgan fingerprint density at radius 1 is 1.19 bits per heavy atom. The van der Waals surface area contributed by atoms with Crippen LogP contribution >= 0.6 is 0 Å². The molecular weight excluding hydrogens is 370 g/mol. The van der Waals surface area contributed by atoms with Gasteiger partial charge in [-0.05, 0) is 18.6 Å². The molecule has 0 saturated carbocycles. The van der Waals surface area contributed by atoms with E-state index in [1.165, 1.54) is 18.3 Å². The first-order chi connectivity index (χ1) is 13.0. The standard InChI is InChI=1S/C16H17N7O3S/c17-10-5-6-23(8-10)16-22-21-15(26-16)13-14(18)19-7-12(20-13)9-1-3-11(4-2-9)27(24)25/h1-4,7,10,27H,5-6,8,17H2,(H2,18,19). The molecule has 0 aliphatic carbocycles. The summed E-state index contributed by atoms with van der Waals surface area (Å²) in [6.45, 7) is 1.40. The van der Waals surface area contributed by atoms with E-state index in [0.29, 0.717) is 23.8 Å². The second kappa shape index (κ2) is 6.93. The van der Waals surface area contributed by atoms with E-state index in [1.54, 1.807) is 12.1 Å². The summed E-state index contributed by atoms with van der Waals surface area (Å²) >= 11 is 0. The molecule has 0 amide bonds. The molecule has 1 unspecified atom stereocenters. The van der Waals surface area contributed by atoms with Gasteiger partial charge < -0.3 is 20.8 Å². The number of hydrogen-bond acceptors (Lipinski definition) is 10. The van der Waals surface area contributed by atoms with Crippen LogP contribution < -0.4 is 16.4 Å². The molecule has 1 saturated heterocycles. The number of benzene rings is 1. The summed E-state index contributed by atoms with van der Waals surface area (Å²) in [5.41, 5.74) is 13.3. The molecule has 1 fully saturated rings. The van der Waals surface area contributed by atoms with Gasteiger partial charge in [0, 0.05) is 24.7 Å². The average Bonchev–Trinajstić information content (AvgIpc) is 3.31. The van der Waals surface area contributed by atoms with Crippen LogP contribution in [0.4, 0.5) is 11.8 Å². The number of nitrogens with zero attached hydrogens (tertiary/aromatic N) is 5. The molecule has 3 aromatic rings. The Morgan fingerprint density at radius 3 is 2.63 bits per heavy atom. The monoisotopic (exact) mass is 387 g/mol. The third-order valence-electron chi connectivity index (χ3n) is 4.29. The molecule has 0 bridgehead atoms. The van der Waals surface area contributed by atoms with Crippen molar-refractivity contribution in [2.24, 2.45) is 5.73 Å². The van der Waals surface area contributed by atoms with Gasteiger partial charge in [0.05, 0.1) is 16.8 Å². The van der Waals surface area contributed by atoms with E-state index in [9.17, 15) is 8.42 Å². The van der Waals surface area contributed by atoms with Gasteiger partial charge in [-0.25, -0.2) is 18.4 Å². The van der Waals surface area contributed by atoms with Gasteiger partial charge in [-0.1, -0.05) is 17.2 Å². The molecule has 0 spiro atoms. The largest absolute Gasteiger partial charge is 0.401 e. The Balaban J connectivity index is 1.66. The highest BCUT2D eigenvalue weighted by Gasteiger charge is 2.25. The van der Waals surface area contributed by atoms with E-state index in [-0.39, 0.29) is 28.3 Å². The molecule has 0 radical (unpaired) electrons. The Kier molecular flexibility index (Phi) is 4.46. The number of hydrogen-bond donors (Lipinski definition) is 3. The van der Waals surface area contributed by atoms with Crippen molar-refractivity contribution in [2.45, 2.75) is 17.4 Å². The highest BCUT2D eigenvalue weighted by molar-refractivity contribution is 7.72. The molecule has 1 aliphatic heterocycles. The van der Waals surface area contributed by atoms with Crippen LogP contribution in [-0.4, -0.2) is 47.7 Å². The number of nitrogen functional groups attached to an aromatic ring is 1. The summed E-state index contributed by atoms with van der Waals surface area (Å²) in [7, 11) is -2.63. The van der Waals surface area contributed by atoms with Gasteiger partial charge in [0.15, 0.2) is 22.2 Å². The Bertz CT molecular complexity index is 1040. The minimum absolute atomic E-state index is 0.0841. The van der Waals surface area contributed by atoms with Crippen molar-refractivity contribution in [1.82, 2.24) is 20.2 Å². The van der Waals surface area contributed by atoms with Crippen molar-refractivity contribution in [3.05, 3.63) is 30.5 Å². The highest BCUT2D eigenvalue weighted by Crippen LogP contribution is 2.28. The van der Waals surface area contributed by atoms with E-state index in [4.69, 9.17) is 15.9 Å². The van der Waals surface area contributed by atoms with Gasteiger partial charge in [-0.2, -0.15) is 0 Å². The van der Waals surface area contributed by atoms with Gasteiger partial charge in [-0.3, -0.25) is 0 Å². The van der Waals surface area contributed by atoms with Crippen LogP contribution in [0.1, 0.15) is 6.42 Å². The minimum atomic E-state index is -2.63. The second-order valence-electron chi connectivity index (χ2n) is 6.18. The first-order valence-electron chi connectivity index (χ1n) is 8.23. The van der Waals surface area contributed by atoms with E-state index in [0.717, 1.165) is 13.0 Å². The van der Waals surface area contributed by atoms with Crippen molar-refractivity contribution >= 4 is 22.5 Å². The fourth-order valence-corrected chi connectivity index (χ4v) is 3.24. The molecule has 1 aliphatic rings. The fourth-order valence-electron chi connectivity index (χ4n) is 2.85. The lowest BCUT2D eigenvalue weighted by Gasteiger charge is -2.10. The number of aromatic nitrogens is 4. The molecule has 4 N–H and O–H groups in total. The van der Waals surface area contributed by atoms with Gasteiger partial charge in [0.25, 0.3) is 5.89 Å². The number of anilines is 2. The lowest BCUT2D eigenvalue weighted by atomic mass is 10.1. The molecule has 10 nitrogen and oxygen atoms in total. The summed E-state index contributed by atoms with van der Waals surface area (Å²) in [4.78, 5) is 10.7. The molecule has 4 rings (SSSR count). The molecule has 140 valence electrons. The maximum atomic E-state index is 11.0. The van der Waals surface area contributed by atoms with Gasteiger partial charge in [0.1, 0.15) is 0 Å². The Morgan fingerprint density at radius 2 is 1.96 bits per heavy atom. The predicted octanol–water partition coefficient (Wildman–Crippen LogP) is 0.283. The van der Waals surface area contributed by atoms with E-state index in [2.05, 4.69) is 20.2 Å². The number of rotatable bonds is 4. The summed E-state index contributed by atoms with van der Waals surface area (Å²) in [6.07, 6.45) is 2.36. The van der Waals surface area contributed by atoms with Crippen molar-refractivity contribution in [3.63, 3.8) is 0 Å². The summed E-state index contributed by atoms with van der Waals surface area (Å²) in [6, 6.07) is 6.75. The normalized spacial score (nSPS) is 17.0. The molecule has 11 heteroatoms. The first kappa shape index (κ1) is 17.4. The average molecular weight is 387 g/mol. The lowest BCUT2D eigenvalue weighted by Crippen LogP contribution is -2.26. The van der Waals surface area contributed by atoms with Crippen LogP contribution in [0.2, 0.25) is 0 Å². The Hall–Kier alpha value is -3.05. The van der Waals surface area contributed by atoms with Crippen LogP contribution in [0.3, 0.4) is 0 Å². The molecule has 2 aromatic heterocycles. The summed E-state index contributed by atoms with van der Waals surface area (Å²) in [5, 5.41) is 8.07. The molecule has 1 aromatic carbocycles. The fraction of sp³-hybridized carbons (Fsp3) is 0.250. The van der Waals surface area contributed by atoms with Crippen molar-refractivity contribution in [2.75, 3.05) is 23.7 Å². The van der Waals surface area contributed by atoms with Crippen molar-refractivity contribution in [3.8, 4) is 22.8 Å². The third-order valence-corrected chi connectivity index (χ3v) is 5.01. The third kappa shape index (κ3) is 3.46. The summed E-state index contributed by atoms with van der Waals surface area (Å²) < 4.78 is 27.7. The zero-order valence-electron chi connectivity index (χ0n) is 14.1. The van der Waals surface area contributed by atoms with Crippen LogP contribution in [0.5, 0.6) is 0 Å². The zero-order valence-corrected chi connectivity index (χ0v) is 15.0. The van der Waals surface area contributed by atoms with Crippen LogP contribution in [0, 0.1) is 0 Å². The second-order valence-corrected chi connectivity index (χ2v) is 7.21. The van der Waals surface area contributed by atoms with Gasteiger partial charge >= 0.3 is 6.01 Å². The zero-order chi connectivity index (χ0) is 19.0. The number of nitrogens with two attached hydrogens (primary N) is 2. The maximum absolute atomic E-state index is 11.0. The quantitative estimate of drug-likeness (QED) is 0.532. The van der Waals surface area contributed by atoms with E-state index >= 15 is 0 Å². The number of thiol groups is 1. The first-order valence-corrected chi connectivity index (χ1v) is 9.41. The van der Waals surface area contributed by atoms with Crippen LogP contribution in [0.25, 0.3) is 22.8 Å². The minimum Gasteiger partial charge on any atom is -0.401 e. The van der Waals surface area contributed by atoms with Crippen LogP contribution in [0.15, 0.2) is 39.8 Å². The molecule has 27 heavy (non-hydrogen) atoms. The smallest absolute Gasteiger partial charge is 0.318 e.